The topological polar surface area (TPSA) is 101 Å². The molecular weight excluding hydrogens is 326 g/mol. The Morgan fingerprint density at radius 1 is 1.17 bits per heavy atom. The van der Waals surface area contributed by atoms with Gasteiger partial charge in [0.15, 0.2) is 0 Å². The summed E-state index contributed by atoms with van der Waals surface area (Å²) in [5.74, 6) is 0.183. The summed E-state index contributed by atoms with van der Waals surface area (Å²) in [6.45, 7) is 8.22. The predicted octanol–water partition coefficient (Wildman–Crippen LogP) is 1.87. The molecule has 0 radical (unpaired) electrons. The Hall–Kier alpha value is -1.44. The Bertz CT molecular complexity index is 627. The van der Waals surface area contributed by atoms with Gasteiger partial charge in [-0.1, -0.05) is 20.8 Å². The van der Waals surface area contributed by atoms with Gasteiger partial charge in [0.05, 0.1) is 4.90 Å². The highest BCUT2D eigenvalue weighted by Gasteiger charge is 2.18. The maximum Gasteiger partial charge on any atom is 0.251 e. The van der Waals surface area contributed by atoms with Crippen LogP contribution in [0.15, 0.2) is 29.2 Å². The average Bonchev–Trinajstić information content (AvgIpc) is 2.53. The molecule has 24 heavy (non-hydrogen) atoms. The molecule has 0 saturated heterocycles. The van der Waals surface area contributed by atoms with E-state index >= 15 is 0 Å². The minimum absolute atomic E-state index is 0.0898. The zero-order chi connectivity index (χ0) is 18.3. The number of nitrogens with two attached hydrogens (primary N) is 1. The highest BCUT2D eigenvalue weighted by atomic mass is 32.2. The first-order valence-corrected chi connectivity index (χ1v) is 9.81. The molecule has 0 saturated carbocycles. The number of hydrogen-bond donors (Lipinski definition) is 3. The van der Waals surface area contributed by atoms with E-state index in [2.05, 4.69) is 23.9 Å². The summed E-state index contributed by atoms with van der Waals surface area (Å²) in [5.41, 5.74) is 6.10. The molecule has 0 aliphatic carbocycles. The van der Waals surface area contributed by atoms with E-state index in [9.17, 15) is 13.2 Å². The number of amides is 1. The number of nitrogens with one attached hydrogen (secondary N) is 2. The van der Waals surface area contributed by atoms with Gasteiger partial charge in [0.25, 0.3) is 5.91 Å². The summed E-state index contributed by atoms with van der Waals surface area (Å²) >= 11 is 0. The molecule has 7 heteroatoms. The van der Waals surface area contributed by atoms with E-state index in [-0.39, 0.29) is 22.9 Å². The van der Waals surface area contributed by atoms with Crippen molar-refractivity contribution in [2.75, 3.05) is 6.54 Å². The molecule has 0 aromatic heterocycles. The van der Waals surface area contributed by atoms with Crippen molar-refractivity contribution in [1.82, 2.24) is 10.0 Å². The third-order valence-electron chi connectivity index (χ3n) is 3.77. The van der Waals surface area contributed by atoms with Crippen LogP contribution in [-0.2, 0) is 10.0 Å². The van der Waals surface area contributed by atoms with E-state index in [0.717, 1.165) is 6.42 Å². The Morgan fingerprint density at radius 2 is 1.75 bits per heavy atom. The number of sulfonamides is 1. The lowest BCUT2D eigenvalue weighted by Gasteiger charge is -2.19. The monoisotopic (exact) mass is 355 g/mol. The fraction of sp³-hybridized carbons (Fsp3) is 0.588. The molecule has 6 nitrogen and oxygen atoms in total. The summed E-state index contributed by atoms with van der Waals surface area (Å²) < 4.78 is 27.0. The van der Waals surface area contributed by atoms with Crippen LogP contribution in [0.4, 0.5) is 0 Å². The third-order valence-corrected chi connectivity index (χ3v) is 5.38. The number of rotatable bonds is 9. The third kappa shape index (κ3) is 6.22. The SMILES string of the molecule is CCC(C)NS(=O)(=O)c1ccc(C(=O)NC(CN)CC(C)C)cc1. The van der Waals surface area contributed by atoms with Crippen molar-refractivity contribution in [2.24, 2.45) is 11.7 Å². The van der Waals surface area contributed by atoms with Crippen LogP contribution in [0.5, 0.6) is 0 Å². The van der Waals surface area contributed by atoms with Crippen LogP contribution in [0.3, 0.4) is 0 Å². The molecule has 0 aliphatic heterocycles. The summed E-state index contributed by atoms with van der Waals surface area (Å²) in [4.78, 5) is 12.4. The first kappa shape index (κ1) is 20.6. The molecule has 1 aromatic carbocycles. The summed E-state index contributed by atoms with van der Waals surface area (Å²) in [7, 11) is -3.56. The van der Waals surface area contributed by atoms with Crippen LogP contribution >= 0.6 is 0 Å². The van der Waals surface area contributed by atoms with E-state index < -0.39 is 10.0 Å². The lowest BCUT2D eigenvalue weighted by Crippen LogP contribution is -2.41. The van der Waals surface area contributed by atoms with Crippen molar-refractivity contribution >= 4 is 15.9 Å². The number of hydrogen-bond acceptors (Lipinski definition) is 4. The van der Waals surface area contributed by atoms with Gasteiger partial charge < -0.3 is 11.1 Å². The van der Waals surface area contributed by atoms with E-state index in [4.69, 9.17) is 5.73 Å². The molecule has 0 fully saturated rings. The van der Waals surface area contributed by atoms with Gasteiger partial charge >= 0.3 is 0 Å². The fourth-order valence-electron chi connectivity index (χ4n) is 2.25. The molecule has 4 N–H and O–H groups in total. The second-order valence-corrected chi connectivity index (χ2v) is 8.20. The van der Waals surface area contributed by atoms with Gasteiger partial charge in [-0.05, 0) is 49.9 Å². The van der Waals surface area contributed by atoms with Crippen LogP contribution in [0.25, 0.3) is 0 Å². The molecule has 2 unspecified atom stereocenters. The number of carbonyl (C=O) groups excluding carboxylic acids is 1. The Morgan fingerprint density at radius 3 is 2.21 bits per heavy atom. The molecule has 0 bridgehead atoms. The van der Waals surface area contributed by atoms with Gasteiger partial charge in [0.1, 0.15) is 0 Å². The molecule has 1 amide bonds. The zero-order valence-corrected chi connectivity index (χ0v) is 15.7. The van der Waals surface area contributed by atoms with Crippen LogP contribution in [0, 0.1) is 5.92 Å². The van der Waals surface area contributed by atoms with Crippen molar-refractivity contribution in [2.45, 2.75) is 57.5 Å². The molecule has 0 aliphatic rings. The van der Waals surface area contributed by atoms with Gasteiger partial charge in [-0.2, -0.15) is 0 Å². The second-order valence-electron chi connectivity index (χ2n) is 6.49. The van der Waals surface area contributed by atoms with Crippen LogP contribution in [0.2, 0.25) is 0 Å². The lowest BCUT2D eigenvalue weighted by molar-refractivity contribution is 0.0933. The van der Waals surface area contributed by atoms with Gasteiger partial charge in [-0.15, -0.1) is 0 Å². The average molecular weight is 356 g/mol. The highest BCUT2D eigenvalue weighted by molar-refractivity contribution is 7.89. The van der Waals surface area contributed by atoms with Crippen molar-refractivity contribution in [3.63, 3.8) is 0 Å². The van der Waals surface area contributed by atoms with Crippen molar-refractivity contribution in [3.05, 3.63) is 29.8 Å². The van der Waals surface area contributed by atoms with Crippen LogP contribution < -0.4 is 15.8 Å². The molecule has 1 rings (SSSR count). The van der Waals surface area contributed by atoms with E-state index in [0.29, 0.717) is 24.4 Å². The van der Waals surface area contributed by atoms with Gasteiger partial charge in [-0.3, -0.25) is 4.79 Å². The second kappa shape index (κ2) is 9.15. The van der Waals surface area contributed by atoms with Crippen molar-refractivity contribution in [3.8, 4) is 0 Å². The minimum Gasteiger partial charge on any atom is -0.348 e. The largest absolute Gasteiger partial charge is 0.348 e. The normalized spacial score (nSPS) is 14.4. The number of carbonyl (C=O) groups is 1. The maximum atomic E-state index is 12.2. The summed E-state index contributed by atoms with van der Waals surface area (Å²) in [6, 6.07) is 5.69. The van der Waals surface area contributed by atoms with E-state index in [1.165, 1.54) is 24.3 Å². The van der Waals surface area contributed by atoms with E-state index in [1.54, 1.807) is 6.92 Å². The number of benzene rings is 1. The van der Waals surface area contributed by atoms with Crippen molar-refractivity contribution in [1.29, 1.82) is 0 Å². The first-order chi connectivity index (χ1) is 11.2. The van der Waals surface area contributed by atoms with E-state index in [1.807, 2.05) is 6.92 Å². The smallest absolute Gasteiger partial charge is 0.251 e. The quantitative estimate of drug-likeness (QED) is 0.629. The van der Waals surface area contributed by atoms with Crippen LogP contribution in [-0.4, -0.2) is 33.0 Å². The zero-order valence-electron chi connectivity index (χ0n) is 14.9. The molecule has 1 aromatic rings. The maximum absolute atomic E-state index is 12.2. The molecule has 136 valence electrons. The van der Waals surface area contributed by atoms with Gasteiger partial charge in [-0.25, -0.2) is 13.1 Å². The Labute approximate surface area is 145 Å². The van der Waals surface area contributed by atoms with Gasteiger partial charge in [0.2, 0.25) is 10.0 Å². The van der Waals surface area contributed by atoms with Gasteiger partial charge in [0, 0.05) is 24.2 Å². The summed E-state index contributed by atoms with van der Waals surface area (Å²) in [6.07, 6.45) is 1.50. The highest BCUT2D eigenvalue weighted by Crippen LogP contribution is 2.12. The fourth-order valence-corrected chi connectivity index (χ4v) is 3.58. The molecular formula is C17H29N3O3S. The Balaban J connectivity index is 2.81. The summed E-state index contributed by atoms with van der Waals surface area (Å²) in [5, 5.41) is 2.88. The lowest BCUT2D eigenvalue weighted by atomic mass is 10.0. The molecule has 0 spiro atoms. The molecule has 0 heterocycles. The predicted molar refractivity (Wildman–Crippen MR) is 96.3 cm³/mol. The van der Waals surface area contributed by atoms with Crippen molar-refractivity contribution < 1.29 is 13.2 Å². The Kier molecular flexibility index (Phi) is 7.86. The standard InChI is InChI=1S/C17H29N3O3S/c1-5-13(4)20-24(22,23)16-8-6-14(7-9-16)17(21)19-15(11-18)10-12(2)3/h6-9,12-13,15,20H,5,10-11,18H2,1-4H3,(H,19,21). The molecule has 2 atom stereocenters. The first-order valence-electron chi connectivity index (χ1n) is 8.32. The minimum atomic E-state index is -3.56. The van der Waals surface area contributed by atoms with Crippen LogP contribution in [0.1, 0.15) is 50.9 Å².